The van der Waals surface area contributed by atoms with Gasteiger partial charge in [0.2, 0.25) is 15.9 Å². The van der Waals surface area contributed by atoms with E-state index in [0.29, 0.717) is 42.9 Å². The van der Waals surface area contributed by atoms with Crippen LogP contribution in [0.2, 0.25) is 0 Å². The Morgan fingerprint density at radius 3 is 2.35 bits per heavy atom. The van der Waals surface area contributed by atoms with Gasteiger partial charge < -0.3 is 10.6 Å². The Morgan fingerprint density at radius 2 is 1.81 bits per heavy atom. The van der Waals surface area contributed by atoms with Gasteiger partial charge in [-0.15, -0.1) is 11.3 Å². The minimum Gasteiger partial charge on any atom is -0.340 e. The molecule has 4 atom stereocenters. The summed E-state index contributed by atoms with van der Waals surface area (Å²) in [6.45, 7) is 5.41. The third-order valence-corrected chi connectivity index (χ3v) is 9.55. The van der Waals surface area contributed by atoms with Crippen LogP contribution in [-0.4, -0.2) is 55.8 Å². The molecule has 2 saturated carbocycles. The molecule has 4 rings (SSSR count). The average Bonchev–Trinajstić information content (AvgIpc) is 3.29. The number of carbonyl (C=O) groups is 1. The molecular formula is C18H27N3O3S2. The number of piperazine rings is 1. The average molecular weight is 398 g/mol. The van der Waals surface area contributed by atoms with Gasteiger partial charge in [-0.2, -0.15) is 4.31 Å². The van der Waals surface area contributed by atoms with Crippen molar-refractivity contribution >= 4 is 27.3 Å². The second kappa shape index (κ2) is 6.58. The molecule has 3 fully saturated rings. The van der Waals surface area contributed by atoms with Crippen molar-refractivity contribution < 1.29 is 13.2 Å². The number of nitrogens with zero attached hydrogens (tertiary/aromatic N) is 2. The first kappa shape index (κ1) is 18.4. The highest BCUT2D eigenvalue weighted by Gasteiger charge is 2.50. The molecule has 8 heteroatoms. The first-order valence-corrected chi connectivity index (χ1v) is 11.7. The molecule has 4 unspecified atom stereocenters. The van der Waals surface area contributed by atoms with E-state index in [1.54, 1.807) is 6.07 Å². The lowest BCUT2D eigenvalue weighted by molar-refractivity contribution is -0.139. The van der Waals surface area contributed by atoms with Crippen LogP contribution in [0.5, 0.6) is 0 Å². The van der Waals surface area contributed by atoms with Crippen molar-refractivity contribution in [3.8, 4) is 0 Å². The summed E-state index contributed by atoms with van der Waals surface area (Å²) in [7, 11) is -3.48. The van der Waals surface area contributed by atoms with Gasteiger partial charge in [-0.25, -0.2) is 8.42 Å². The van der Waals surface area contributed by atoms with Crippen LogP contribution in [-0.2, 0) is 14.8 Å². The van der Waals surface area contributed by atoms with Crippen molar-refractivity contribution in [1.29, 1.82) is 0 Å². The lowest BCUT2D eigenvalue weighted by Gasteiger charge is -2.38. The number of fused-ring (bicyclic) bond motifs is 2. The van der Waals surface area contributed by atoms with Crippen LogP contribution in [0, 0.1) is 31.6 Å². The van der Waals surface area contributed by atoms with Crippen LogP contribution in [0.15, 0.2) is 11.0 Å². The maximum atomic E-state index is 13.0. The topological polar surface area (TPSA) is 83.7 Å². The van der Waals surface area contributed by atoms with Crippen molar-refractivity contribution in [2.24, 2.45) is 23.5 Å². The Hall–Kier alpha value is -0.960. The van der Waals surface area contributed by atoms with Crippen LogP contribution >= 0.6 is 11.3 Å². The standard InChI is InChI=1S/C18H27N3O3S2/c1-11-9-15(12(2)25-11)26(23,24)21-7-5-20(6-8-21)18(22)16-13-3-4-14(10-13)17(16)19/h9,13-14,16-17H,3-8,10,19H2,1-2H3. The molecule has 1 aromatic heterocycles. The van der Waals surface area contributed by atoms with Gasteiger partial charge in [-0.3, -0.25) is 4.79 Å². The fourth-order valence-corrected chi connectivity index (χ4v) is 8.01. The van der Waals surface area contributed by atoms with Gasteiger partial charge in [0, 0.05) is 42.0 Å². The van der Waals surface area contributed by atoms with E-state index in [-0.39, 0.29) is 17.9 Å². The van der Waals surface area contributed by atoms with Crippen molar-refractivity contribution in [3.63, 3.8) is 0 Å². The van der Waals surface area contributed by atoms with Gasteiger partial charge >= 0.3 is 0 Å². The predicted molar refractivity (Wildman–Crippen MR) is 101 cm³/mol. The maximum Gasteiger partial charge on any atom is 0.244 e. The molecule has 2 bridgehead atoms. The van der Waals surface area contributed by atoms with Crippen LogP contribution < -0.4 is 5.73 Å². The van der Waals surface area contributed by atoms with Gasteiger partial charge in [-0.1, -0.05) is 0 Å². The fourth-order valence-electron chi connectivity index (χ4n) is 5.06. The van der Waals surface area contributed by atoms with Gasteiger partial charge in [0.1, 0.15) is 0 Å². The number of rotatable bonds is 3. The smallest absolute Gasteiger partial charge is 0.244 e. The van der Waals surface area contributed by atoms with E-state index in [2.05, 4.69) is 0 Å². The molecule has 26 heavy (non-hydrogen) atoms. The molecule has 2 heterocycles. The summed E-state index contributed by atoms with van der Waals surface area (Å²) in [4.78, 5) is 17.0. The first-order valence-electron chi connectivity index (χ1n) is 9.40. The summed E-state index contributed by atoms with van der Waals surface area (Å²) < 4.78 is 27.4. The lowest BCUT2D eigenvalue weighted by atomic mass is 9.84. The van der Waals surface area contributed by atoms with Gasteiger partial charge in [-0.05, 0) is 51.0 Å². The molecule has 2 aliphatic carbocycles. The Balaban J connectivity index is 1.43. The van der Waals surface area contributed by atoms with Gasteiger partial charge in [0.15, 0.2) is 0 Å². The second-order valence-corrected chi connectivity index (χ2v) is 11.3. The van der Waals surface area contributed by atoms with E-state index in [0.717, 1.165) is 29.0 Å². The van der Waals surface area contributed by atoms with Crippen molar-refractivity contribution in [2.45, 2.75) is 44.0 Å². The Labute approximate surface area is 159 Å². The second-order valence-electron chi connectivity index (χ2n) is 7.94. The highest BCUT2D eigenvalue weighted by Crippen LogP contribution is 2.48. The molecule has 0 aromatic carbocycles. The maximum absolute atomic E-state index is 13.0. The van der Waals surface area contributed by atoms with E-state index in [1.807, 2.05) is 18.7 Å². The molecule has 6 nitrogen and oxygen atoms in total. The third-order valence-electron chi connectivity index (χ3n) is 6.43. The predicted octanol–water partition coefficient (Wildman–Crippen LogP) is 1.57. The number of aryl methyl sites for hydroxylation is 2. The van der Waals surface area contributed by atoms with E-state index in [9.17, 15) is 13.2 Å². The molecule has 1 saturated heterocycles. The normalized spacial score (nSPS) is 32.3. The Kier molecular flexibility index (Phi) is 4.66. The summed E-state index contributed by atoms with van der Waals surface area (Å²) >= 11 is 1.51. The zero-order valence-corrected chi connectivity index (χ0v) is 17.0. The Morgan fingerprint density at radius 1 is 1.15 bits per heavy atom. The third kappa shape index (κ3) is 2.91. The van der Waals surface area contributed by atoms with Gasteiger partial charge in [0.05, 0.1) is 10.8 Å². The van der Waals surface area contributed by atoms with Crippen molar-refractivity contribution in [1.82, 2.24) is 9.21 Å². The van der Waals surface area contributed by atoms with Gasteiger partial charge in [0.25, 0.3) is 0 Å². The molecule has 3 aliphatic rings. The number of hydrogen-bond acceptors (Lipinski definition) is 5. The van der Waals surface area contributed by atoms with Crippen LogP contribution in [0.4, 0.5) is 0 Å². The van der Waals surface area contributed by atoms with E-state index >= 15 is 0 Å². The minimum atomic E-state index is -3.48. The zero-order chi connectivity index (χ0) is 18.6. The van der Waals surface area contributed by atoms with Crippen LogP contribution in [0.25, 0.3) is 0 Å². The summed E-state index contributed by atoms with van der Waals surface area (Å²) in [6, 6.07) is 1.74. The van der Waals surface area contributed by atoms with E-state index < -0.39 is 10.0 Å². The highest BCUT2D eigenvalue weighted by atomic mass is 32.2. The quantitative estimate of drug-likeness (QED) is 0.839. The number of thiophene rings is 1. The fraction of sp³-hybridized carbons (Fsp3) is 0.722. The molecule has 1 aromatic rings. The first-order chi connectivity index (χ1) is 12.3. The number of hydrogen-bond donors (Lipinski definition) is 1. The molecule has 0 radical (unpaired) electrons. The molecule has 1 aliphatic heterocycles. The monoisotopic (exact) mass is 397 g/mol. The number of amides is 1. The van der Waals surface area contributed by atoms with Crippen molar-refractivity contribution in [3.05, 3.63) is 15.8 Å². The summed E-state index contributed by atoms with van der Waals surface area (Å²) in [6.07, 6.45) is 3.35. The summed E-state index contributed by atoms with van der Waals surface area (Å²) in [5, 5.41) is 0. The highest BCUT2D eigenvalue weighted by molar-refractivity contribution is 7.89. The molecular weight excluding hydrogens is 370 g/mol. The molecule has 1 amide bonds. The summed E-state index contributed by atoms with van der Waals surface area (Å²) in [5.74, 6) is 1.02. The largest absolute Gasteiger partial charge is 0.340 e. The van der Waals surface area contributed by atoms with Crippen molar-refractivity contribution in [2.75, 3.05) is 26.2 Å². The van der Waals surface area contributed by atoms with E-state index in [1.165, 1.54) is 15.6 Å². The lowest BCUT2D eigenvalue weighted by Crippen LogP contribution is -2.54. The Bertz CT molecular complexity index is 810. The number of sulfonamides is 1. The van der Waals surface area contributed by atoms with Crippen LogP contribution in [0.1, 0.15) is 29.0 Å². The minimum absolute atomic E-state index is 0.0144. The SMILES string of the molecule is Cc1cc(S(=O)(=O)N2CCN(C(=O)C3C4CCC(C4)C3N)CC2)c(C)s1. The molecule has 2 N–H and O–H groups in total. The number of nitrogens with two attached hydrogens (primary N) is 1. The summed E-state index contributed by atoms with van der Waals surface area (Å²) in [5.41, 5.74) is 6.31. The van der Waals surface area contributed by atoms with E-state index in [4.69, 9.17) is 5.73 Å². The molecule has 0 spiro atoms. The number of carbonyl (C=O) groups excluding carboxylic acids is 1. The van der Waals surface area contributed by atoms with Crippen LogP contribution in [0.3, 0.4) is 0 Å². The zero-order valence-electron chi connectivity index (χ0n) is 15.3. The molecule has 144 valence electrons.